The van der Waals surface area contributed by atoms with Gasteiger partial charge in [0.05, 0.1) is 18.1 Å². The van der Waals surface area contributed by atoms with Crippen LogP contribution in [-0.2, 0) is 14.1 Å². The standard InChI is InChI=1S/C14H18BrN5O/c1-18-9-11(7-16-18)10-3-5-20(6-4-10)12-8-17-19(2)14(21)13(12)15/h7-10H,3-6H2,1-2H3. The summed E-state index contributed by atoms with van der Waals surface area (Å²) in [6, 6.07) is 0. The van der Waals surface area contributed by atoms with Gasteiger partial charge in [-0.1, -0.05) is 0 Å². The van der Waals surface area contributed by atoms with Gasteiger partial charge in [0.1, 0.15) is 4.47 Å². The van der Waals surface area contributed by atoms with Gasteiger partial charge in [-0.2, -0.15) is 10.2 Å². The van der Waals surface area contributed by atoms with Crippen LogP contribution in [-0.4, -0.2) is 32.7 Å². The lowest BCUT2D eigenvalue weighted by Crippen LogP contribution is -2.35. The number of aromatic nitrogens is 4. The van der Waals surface area contributed by atoms with E-state index in [2.05, 4.69) is 37.2 Å². The maximum absolute atomic E-state index is 11.9. The number of nitrogens with zero attached hydrogens (tertiary/aromatic N) is 5. The van der Waals surface area contributed by atoms with Crippen LogP contribution in [0.1, 0.15) is 24.3 Å². The zero-order chi connectivity index (χ0) is 15.0. The fourth-order valence-electron chi connectivity index (χ4n) is 2.83. The van der Waals surface area contributed by atoms with Gasteiger partial charge in [-0.3, -0.25) is 9.48 Å². The second-order valence-corrected chi connectivity index (χ2v) is 6.27. The predicted octanol–water partition coefficient (Wildman–Crippen LogP) is 1.66. The molecule has 0 bridgehead atoms. The molecule has 0 N–H and O–H groups in total. The number of hydrogen-bond donors (Lipinski definition) is 0. The summed E-state index contributed by atoms with van der Waals surface area (Å²) in [4.78, 5) is 14.2. The highest BCUT2D eigenvalue weighted by atomic mass is 79.9. The van der Waals surface area contributed by atoms with E-state index in [4.69, 9.17) is 0 Å². The van der Waals surface area contributed by atoms with Crippen LogP contribution in [0.2, 0.25) is 0 Å². The largest absolute Gasteiger partial charge is 0.369 e. The van der Waals surface area contributed by atoms with Crippen molar-refractivity contribution >= 4 is 21.6 Å². The van der Waals surface area contributed by atoms with Crippen molar-refractivity contribution in [1.29, 1.82) is 0 Å². The topological polar surface area (TPSA) is 56.0 Å². The van der Waals surface area contributed by atoms with Crippen LogP contribution >= 0.6 is 15.9 Å². The van der Waals surface area contributed by atoms with Gasteiger partial charge in [-0.05, 0) is 40.3 Å². The van der Waals surface area contributed by atoms with Gasteiger partial charge in [0.15, 0.2) is 0 Å². The first-order valence-electron chi connectivity index (χ1n) is 7.01. The van der Waals surface area contributed by atoms with Crippen LogP contribution in [0.25, 0.3) is 0 Å². The van der Waals surface area contributed by atoms with Crippen LogP contribution in [0.15, 0.2) is 27.9 Å². The van der Waals surface area contributed by atoms with Gasteiger partial charge in [0, 0.05) is 33.4 Å². The van der Waals surface area contributed by atoms with Crippen molar-refractivity contribution in [2.45, 2.75) is 18.8 Å². The average molecular weight is 352 g/mol. The molecule has 0 amide bonds. The second kappa shape index (κ2) is 5.63. The summed E-state index contributed by atoms with van der Waals surface area (Å²) < 4.78 is 3.79. The van der Waals surface area contributed by atoms with Gasteiger partial charge in [0.25, 0.3) is 5.56 Å². The van der Waals surface area contributed by atoms with Gasteiger partial charge in [-0.25, -0.2) is 4.68 Å². The summed E-state index contributed by atoms with van der Waals surface area (Å²) >= 11 is 3.40. The van der Waals surface area contributed by atoms with Crippen molar-refractivity contribution < 1.29 is 0 Å². The fraction of sp³-hybridized carbons (Fsp3) is 0.500. The molecular formula is C14H18BrN5O. The van der Waals surface area contributed by atoms with E-state index in [1.54, 1.807) is 13.2 Å². The van der Waals surface area contributed by atoms with E-state index in [0.717, 1.165) is 31.6 Å². The van der Waals surface area contributed by atoms with Crippen molar-refractivity contribution in [2.24, 2.45) is 14.1 Å². The Morgan fingerprint density at radius 3 is 2.52 bits per heavy atom. The Balaban J connectivity index is 1.74. The number of piperidine rings is 1. The lowest BCUT2D eigenvalue weighted by atomic mass is 9.91. The molecule has 21 heavy (non-hydrogen) atoms. The number of anilines is 1. The molecule has 1 aliphatic rings. The molecule has 3 rings (SSSR count). The molecule has 7 heteroatoms. The summed E-state index contributed by atoms with van der Waals surface area (Å²) in [6.45, 7) is 1.85. The van der Waals surface area contributed by atoms with E-state index in [1.807, 2.05) is 17.9 Å². The van der Waals surface area contributed by atoms with Gasteiger partial charge in [-0.15, -0.1) is 0 Å². The second-order valence-electron chi connectivity index (χ2n) is 5.48. The third kappa shape index (κ3) is 2.74. The molecule has 0 atom stereocenters. The first-order chi connectivity index (χ1) is 10.1. The predicted molar refractivity (Wildman–Crippen MR) is 84.6 cm³/mol. The monoisotopic (exact) mass is 351 g/mol. The van der Waals surface area contributed by atoms with Crippen LogP contribution in [0.5, 0.6) is 0 Å². The average Bonchev–Trinajstić information content (AvgIpc) is 2.92. The molecular weight excluding hydrogens is 334 g/mol. The summed E-state index contributed by atoms with van der Waals surface area (Å²) in [5.41, 5.74) is 2.10. The van der Waals surface area contributed by atoms with Crippen LogP contribution < -0.4 is 10.5 Å². The molecule has 112 valence electrons. The first-order valence-corrected chi connectivity index (χ1v) is 7.81. The molecule has 2 aromatic heterocycles. The Morgan fingerprint density at radius 2 is 1.90 bits per heavy atom. The zero-order valence-electron chi connectivity index (χ0n) is 12.2. The maximum Gasteiger partial charge on any atom is 0.282 e. The SMILES string of the molecule is Cn1cc(C2CCN(c3cnn(C)c(=O)c3Br)CC2)cn1. The van der Waals surface area contributed by atoms with Gasteiger partial charge in [0.2, 0.25) is 0 Å². The summed E-state index contributed by atoms with van der Waals surface area (Å²) in [6.07, 6.45) is 7.93. The van der Waals surface area contributed by atoms with E-state index >= 15 is 0 Å². The van der Waals surface area contributed by atoms with Crippen LogP contribution in [0.4, 0.5) is 5.69 Å². The molecule has 3 heterocycles. The van der Waals surface area contributed by atoms with Gasteiger partial charge >= 0.3 is 0 Å². The van der Waals surface area contributed by atoms with Crippen molar-refractivity contribution in [2.75, 3.05) is 18.0 Å². The summed E-state index contributed by atoms with van der Waals surface area (Å²) in [5.74, 6) is 0.549. The molecule has 6 nitrogen and oxygen atoms in total. The van der Waals surface area contributed by atoms with Crippen LogP contribution in [0, 0.1) is 0 Å². The number of halogens is 1. The van der Waals surface area contributed by atoms with E-state index in [1.165, 1.54) is 10.2 Å². The Labute approximate surface area is 131 Å². The lowest BCUT2D eigenvalue weighted by Gasteiger charge is -2.33. The minimum absolute atomic E-state index is 0.0955. The molecule has 1 fully saturated rings. The number of hydrogen-bond acceptors (Lipinski definition) is 4. The molecule has 0 radical (unpaired) electrons. The minimum Gasteiger partial charge on any atom is -0.369 e. The highest BCUT2D eigenvalue weighted by molar-refractivity contribution is 9.10. The number of aryl methyl sites for hydroxylation is 2. The van der Waals surface area contributed by atoms with Crippen molar-refractivity contribution in [3.63, 3.8) is 0 Å². The lowest BCUT2D eigenvalue weighted by molar-refractivity contribution is 0.503. The van der Waals surface area contributed by atoms with E-state index in [0.29, 0.717) is 10.4 Å². The molecule has 1 aliphatic heterocycles. The van der Waals surface area contributed by atoms with Crippen molar-refractivity contribution in [1.82, 2.24) is 19.6 Å². The quantitative estimate of drug-likeness (QED) is 0.825. The Bertz CT molecular complexity index is 700. The molecule has 0 aromatic carbocycles. The maximum atomic E-state index is 11.9. The first kappa shape index (κ1) is 14.3. The van der Waals surface area contributed by atoms with Crippen molar-refractivity contribution in [3.05, 3.63) is 39.0 Å². The summed E-state index contributed by atoms with van der Waals surface area (Å²) in [7, 11) is 3.60. The van der Waals surface area contributed by atoms with Crippen LogP contribution in [0.3, 0.4) is 0 Å². The Kier molecular flexibility index (Phi) is 3.84. The normalized spacial score (nSPS) is 16.4. The molecule has 0 unspecified atom stereocenters. The van der Waals surface area contributed by atoms with Gasteiger partial charge < -0.3 is 4.90 Å². The highest BCUT2D eigenvalue weighted by Crippen LogP contribution is 2.31. The fourth-order valence-corrected chi connectivity index (χ4v) is 3.44. The van der Waals surface area contributed by atoms with E-state index < -0.39 is 0 Å². The number of rotatable bonds is 2. The molecule has 0 spiro atoms. The van der Waals surface area contributed by atoms with E-state index in [-0.39, 0.29) is 5.56 Å². The Morgan fingerprint density at radius 1 is 1.19 bits per heavy atom. The smallest absolute Gasteiger partial charge is 0.282 e. The third-order valence-electron chi connectivity index (χ3n) is 4.09. The summed E-state index contributed by atoms with van der Waals surface area (Å²) in [5, 5.41) is 8.36. The molecule has 0 aliphatic carbocycles. The Hall–Kier alpha value is -1.63. The third-order valence-corrected chi connectivity index (χ3v) is 4.84. The van der Waals surface area contributed by atoms with Crippen molar-refractivity contribution in [3.8, 4) is 0 Å². The van der Waals surface area contributed by atoms with E-state index in [9.17, 15) is 4.79 Å². The molecule has 2 aromatic rings. The minimum atomic E-state index is -0.0955. The molecule has 0 saturated carbocycles. The molecule has 1 saturated heterocycles. The zero-order valence-corrected chi connectivity index (χ0v) is 13.7. The highest BCUT2D eigenvalue weighted by Gasteiger charge is 2.23.